The molecule has 1 aromatic rings. The minimum atomic E-state index is -3.57. The summed E-state index contributed by atoms with van der Waals surface area (Å²) in [5, 5.41) is 3.18. The molecule has 1 fully saturated rings. The molecule has 1 aliphatic rings. The van der Waals surface area contributed by atoms with Crippen LogP contribution in [0, 0.1) is 6.92 Å². The van der Waals surface area contributed by atoms with E-state index in [1.54, 1.807) is 19.2 Å². The van der Waals surface area contributed by atoms with Gasteiger partial charge in [-0.15, -0.1) is 12.4 Å². The van der Waals surface area contributed by atoms with Crippen molar-refractivity contribution in [3.63, 3.8) is 0 Å². The Balaban J connectivity index is 0.00000220. The maximum Gasteiger partial charge on any atom is 0.246 e. The Morgan fingerprint density at radius 3 is 2.62 bits per heavy atom. The number of sulfonamides is 1. The van der Waals surface area contributed by atoms with Crippen LogP contribution in [0.4, 0.5) is 0 Å². The van der Waals surface area contributed by atoms with Gasteiger partial charge in [0.15, 0.2) is 0 Å². The van der Waals surface area contributed by atoms with Gasteiger partial charge < -0.3 is 10.1 Å². The van der Waals surface area contributed by atoms with E-state index >= 15 is 0 Å². The second kappa shape index (κ2) is 7.28. The molecule has 1 aliphatic heterocycles. The molecule has 0 aromatic heterocycles. The molecule has 8 heteroatoms. The molecule has 0 spiro atoms. The molecule has 0 bridgehead atoms. The summed E-state index contributed by atoms with van der Waals surface area (Å²) < 4.78 is 33.0. The monoisotopic (exact) mass is 398 g/mol. The Kier molecular flexibility index (Phi) is 6.49. The fraction of sp³-hybridized carbons (Fsp3) is 0.538. The second-order valence-electron chi connectivity index (χ2n) is 4.92. The minimum Gasteiger partial charge on any atom is -0.495 e. The Morgan fingerprint density at radius 1 is 1.43 bits per heavy atom. The van der Waals surface area contributed by atoms with Crippen molar-refractivity contribution < 1.29 is 13.2 Å². The van der Waals surface area contributed by atoms with Crippen LogP contribution in [0.25, 0.3) is 0 Å². The van der Waals surface area contributed by atoms with Crippen molar-refractivity contribution >= 4 is 38.4 Å². The van der Waals surface area contributed by atoms with Gasteiger partial charge in [-0.2, -0.15) is 4.31 Å². The lowest BCUT2D eigenvalue weighted by Gasteiger charge is -2.24. The molecule has 2 rings (SSSR count). The molecule has 120 valence electrons. The smallest absolute Gasteiger partial charge is 0.246 e. The summed E-state index contributed by atoms with van der Waals surface area (Å²) in [7, 11) is -0.456. The predicted molar refractivity (Wildman–Crippen MR) is 88.9 cm³/mol. The molecule has 0 saturated carbocycles. The lowest BCUT2D eigenvalue weighted by atomic mass is 10.2. The molecule has 1 unspecified atom stereocenters. The maximum absolute atomic E-state index is 12.8. The number of halogens is 2. The van der Waals surface area contributed by atoms with Gasteiger partial charge in [-0.05, 0) is 37.6 Å². The van der Waals surface area contributed by atoms with Gasteiger partial charge in [0.1, 0.15) is 10.6 Å². The standard InChI is InChI=1S/C13H19BrN2O3S.ClH/c1-9-6-12(19-3)13(7-11(9)14)20(17,18)16(2)10-4-5-15-8-10;/h6-7,10,15H,4-5,8H2,1-3H3;1H. The number of nitrogens with zero attached hydrogens (tertiary/aromatic N) is 1. The third-order valence-corrected chi connectivity index (χ3v) is 6.44. The van der Waals surface area contributed by atoms with E-state index in [1.165, 1.54) is 11.4 Å². The number of rotatable bonds is 4. The number of nitrogens with one attached hydrogen (secondary N) is 1. The number of ether oxygens (including phenoxy) is 1. The zero-order valence-corrected chi connectivity index (χ0v) is 15.4. The first-order valence-electron chi connectivity index (χ1n) is 6.41. The highest BCUT2D eigenvalue weighted by Gasteiger charge is 2.32. The van der Waals surface area contributed by atoms with E-state index in [0.29, 0.717) is 12.3 Å². The van der Waals surface area contributed by atoms with E-state index in [9.17, 15) is 8.42 Å². The summed E-state index contributed by atoms with van der Waals surface area (Å²) in [6, 6.07) is 3.34. The van der Waals surface area contributed by atoms with Crippen LogP contribution in [-0.4, -0.2) is 46.0 Å². The molecule has 21 heavy (non-hydrogen) atoms. The van der Waals surface area contributed by atoms with Gasteiger partial charge in [0.25, 0.3) is 0 Å². The molecular formula is C13H20BrClN2O3S. The average Bonchev–Trinajstić information content (AvgIpc) is 2.94. The molecule has 1 atom stereocenters. The first-order valence-corrected chi connectivity index (χ1v) is 8.64. The lowest BCUT2D eigenvalue weighted by Crippen LogP contribution is -2.38. The first-order chi connectivity index (χ1) is 9.37. The minimum absolute atomic E-state index is 0. The van der Waals surface area contributed by atoms with E-state index in [2.05, 4.69) is 21.2 Å². The zero-order valence-electron chi connectivity index (χ0n) is 12.2. The fourth-order valence-electron chi connectivity index (χ4n) is 2.30. The number of likely N-dealkylation sites (N-methyl/N-ethyl adjacent to an activating group) is 1. The van der Waals surface area contributed by atoms with E-state index in [4.69, 9.17) is 4.74 Å². The van der Waals surface area contributed by atoms with Crippen molar-refractivity contribution in [2.45, 2.75) is 24.3 Å². The molecule has 0 aliphatic carbocycles. The normalized spacial score (nSPS) is 18.6. The molecule has 0 amide bonds. The quantitative estimate of drug-likeness (QED) is 0.843. The highest BCUT2D eigenvalue weighted by atomic mass is 79.9. The van der Waals surface area contributed by atoms with E-state index < -0.39 is 10.0 Å². The lowest BCUT2D eigenvalue weighted by molar-refractivity contribution is 0.376. The molecule has 1 N–H and O–H groups in total. The maximum atomic E-state index is 12.8. The van der Waals surface area contributed by atoms with Crippen LogP contribution >= 0.6 is 28.3 Å². The van der Waals surface area contributed by atoms with Gasteiger partial charge in [-0.25, -0.2) is 8.42 Å². The topological polar surface area (TPSA) is 58.6 Å². The van der Waals surface area contributed by atoms with E-state index in [0.717, 1.165) is 23.0 Å². The summed E-state index contributed by atoms with van der Waals surface area (Å²) in [6.45, 7) is 3.43. The van der Waals surface area contributed by atoms with Gasteiger partial charge in [0.2, 0.25) is 10.0 Å². The Labute approximate surface area is 140 Å². The van der Waals surface area contributed by atoms with Crippen LogP contribution in [0.1, 0.15) is 12.0 Å². The number of methoxy groups -OCH3 is 1. The Morgan fingerprint density at radius 2 is 2.10 bits per heavy atom. The molecule has 1 saturated heterocycles. The summed E-state index contributed by atoms with van der Waals surface area (Å²) >= 11 is 3.38. The van der Waals surface area contributed by atoms with Crippen molar-refractivity contribution in [2.75, 3.05) is 27.2 Å². The van der Waals surface area contributed by atoms with Gasteiger partial charge in [0, 0.05) is 24.1 Å². The van der Waals surface area contributed by atoms with Gasteiger partial charge >= 0.3 is 0 Å². The zero-order chi connectivity index (χ0) is 14.9. The van der Waals surface area contributed by atoms with Crippen LogP contribution in [0.15, 0.2) is 21.5 Å². The van der Waals surface area contributed by atoms with Crippen molar-refractivity contribution in [2.24, 2.45) is 0 Å². The van der Waals surface area contributed by atoms with Crippen LogP contribution in [0.2, 0.25) is 0 Å². The highest BCUT2D eigenvalue weighted by Crippen LogP contribution is 2.32. The second-order valence-corrected chi connectivity index (χ2v) is 7.74. The van der Waals surface area contributed by atoms with Crippen LogP contribution in [-0.2, 0) is 10.0 Å². The van der Waals surface area contributed by atoms with Crippen LogP contribution in [0.5, 0.6) is 5.75 Å². The third-order valence-electron chi connectivity index (χ3n) is 3.65. The third kappa shape index (κ3) is 3.71. The fourth-order valence-corrected chi connectivity index (χ4v) is 4.34. The molecular weight excluding hydrogens is 380 g/mol. The van der Waals surface area contributed by atoms with E-state index in [1.807, 2.05) is 6.92 Å². The number of benzene rings is 1. The molecule has 1 heterocycles. The molecule has 1 aromatic carbocycles. The van der Waals surface area contributed by atoms with Crippen molar-refractivity contribution in [1.29, 1.82) is 0 Å². The number of hydrogen-bond acceptors (Lipinski definition) is 4. The number of hydrogen-bond donors (Lipinski definition) is 1. The summed E-state index contributed by atoms with van der Waals surface area (Å²) in [5.74, 6) is 0.378. The molecule has 5 nitrogen and oxygen atoms in total. The molecule has 0 radical (unpaired) electrons. The van der Waals surface area contributed by atoms with Crippen LogP contribution in [0.3, 0.4) is 0 Å². The van der Waals surface area contributed by atoms with Crippen molar-refractivity contribution in [3.05, 3.63) is 22.2 Å². The largest absolute Gasteiger partial charge is 0.495 e. The summed E-state index contributed by atoms with van der Waals surface area (Å²) in [6.07, 6.45) is 0.824. The SMILES string of the molecule is COc1cc(C)c(Br)cc1S(=O)(=O)N(C)C1CCNC1.Cl. The summed E-state index contributed by atoms with van der Waals surface area (Å²) in [4.78, 5) is 0.201. The van der Waals surface area contributed by atoms with Gasteiger partial charge in [-0.1, -0.05) is 15.9 Å². The first kappa shape index (κ1) is 18.7. The van der Waals surface area contributed by atoms with E-state index in [-0.39, 0.29) is 23.3 Å². The number of aryl methyl sites for hydroxylation is 1. The predicted octanol–water partition coefficient (Wildman–Crippen LogP) is 2.17. The Bertz CT molecular complexity index is 604. The van der Waals surface area contributed by atoms with Gasteiger partial charge in [0.05, 0.1) is 7.11 Å². The van der Waals surface area contributed by atoms with Crippen LogP contribution < -0.4 is 10.1 Å². The Hall–Kier alpha value is -0.340. The summed E-state index contributed by atoms with van der Waals surface area (Å²) in [5.41, 5.74) is 0.936. The highest BCUT2D eigenvalue weighted by molar-refractivity contribution is 9.10. The van der Waals surface area contributed by atoms with Crippen molar-refractivity contribution in [1.82, 2.24) is 9.62 Å². The van der Waals surface area contributed by atoms with Crippen molar-refractivity contribution in [3.8, 4) is 5.75 Å². The van der Waals surface area contributed by atoms with Gasteiger partial charge in [-0.3, -0.25) is 0 Å². The average molecular weight is 400 g/mol.